The van der Waals surface area contributed by atoms with Gasteiger partial charge in [0.2, 0.25) is 5.88 Å². The second kappa shape index (κ2) is 6.08. The summed E-state index contributed by atoms with van der Waals surface area (Å²) in [4.78, 5) is 14.1. The van der Waals surface area contributed by atoms with Crippen molar-refractivity contribution in [3.8, 4) is 11.6 Å². The van der Waals surface area contributed by atoms with E-state index in [1.54, 1.807) is 13.8 Å². The molecule has 0 aromatic carbocycles. The van der Waals surface area contributed by atoms with Crippen LogP contribution in [-0.4, -0.2) is 24.6 Å². The summed E-state index contributed by atoms with van der Waals surface area (Å²) in [6.07, 6.45) is 6.60. The van der Waals surface area contributed by atoms with E-state index in [1.165, 1.54) is 29.2 Å². The zero-order chi connectivity index (χ0) is 16.3. The average Bonchev–Trinajstić information content (AvgIpc) is 2.75. The second-order valence-corrected chi connectivity index (χ2v) is 4.43. The number of allylic oxidation sites excluding steroid dienone is 4. The Morgan fingerprint density at radius 2 is 2.27 bits per heavy atom. The number of rotatable bonds is 5. The summed E-state index contributed by atoms with van der Waals surface area (Å²) >= 11 is 0. The number of aryl methyl sites for hydroxylation is 1. The van der Waals surface area contributed by atoms with Crippen LogP contribution in [0.3, 0.4) is 0 Å². The van der Waals surface area contributed by atoms with Crippen molar-refractivity contribution in [1.82, 2.24) is 14.6 Å². The molecular formula is C14H14N4O4. The number of aromatic nitrogens is 3. The second-order valence-electron chi connectivity index (χ2n) is 4.43. The molecule has 0 unspecified atom stereocenters. The predicted molar refractivity (Wildman–Crippen MR) is 79.0 cm³/mol. The Balaban J connectivity index is 2.35. The highest BCUT2D eigenvalue weighted by Crippen LogP contribution is 2.28. The molecule has 2 aromatic rings. The van der Waals surface area contributed by atoms with Gasteiger partial charge >= 0.3 is 0 Å². The summed E-state index contributed by atoms with van der Waals surface area (Å²) in [5.41, 5.74) is 0.957. The zero-order valence-corrected chi connectivity index (χ0v) is 12.1. The average molecular weight is 302 g/mol. The van der Waals surface area contributed by atoms with Crippen LogP contribution in [0.15, 0.2) is 48.8 Å². The van der Waals surface area contributed by atoms with Crippen LogP contribution in [0.2, 0.25) is 0 Å². The van der Waals surface area contributed by atoms with Crippen molar-refractivity contribution in [2.24, 2.45) is 0 Å². The van der Waals surface area contributed by atoms with Crippen LogP contribution in [-0.2, 0) is 0 Å². The summed E-state index contributed by atoms with van der Waals surface area (Å²) in [6, 6.07) is 0. The maximum atomic E-state index is 10.7. The first kappa shape index (κ1) is 15.2. The molecule has 0 saturated carbocycles. The first-order valence-electron chi connectivity index (χ1n) is 6.29. The molecule has 2 rings (SSSR count). The summed E-state index contributed by atoms with van der Waals surface area (Å²) in [5.74, 6) is 0.715. The van der Waals surface area contributed by atoms with Gasteiger partial charge in [-0.15, -0.1) is 0 Å². The van der Waals surface area contributed by atoms with E-state index in [-0.39, 0.29) is 17.3 Å². The van der Waals surface area contributed by atoms with Crippen LogP contribution in [0.5, 0.6) is 11.6 Å². The van der Waals surface area contributed by atoms with Gasteiger partial charge in [0.25, 0.3) is 5.70 Å². The molecule has 114 valence electrons. The highest BCUT2D eigenvalue weighted by atomic mass is 16.6. The molecule has 0 aliphatic rings. The van der Waals surface area contributed by atoms with E-state index >= 15 is 0 Å². The van der Waals surface area contributed by atoms with Crippen LogP contribution in [0.4, 0.5) is 0 Å². The lowest BCUT2D eigenvalue weighted by Crippen LogP contribution is -2.00. The Labute approximate surface area is 125 Å². The number of nitrogens with zero attached hydrogens (tertiary/aromatic N) is 4. The van der Waals surface area contributed by atoms with Crippen LogP contribution >= 0.6 is 0 Å². The zero-order valence-electron chi connectivity index (χ0n) is 12.1. The van der Waals surface area contributed by atoms with E-state index in [2.05, 4.69) is 16.7 Å². The molecule has 1 N–H and O–H groups in total. The van der Waals surface area contributed by atoms with Gasteiger partial charge in [-0.2, -0.15) is 10.1 Å². The lowest BCUT2D eigenvalue weighted by Gasteiger charge is -2.06. The van der Waals surface area contributed by atoms with Crippen molar-refractivity contribution in [3.63, 3.8) is 0 Å². The topological polar surface area (TPSA) is 103 Å². The van der Waals surface area contributed by atoms with Crippen molar-refractivity contribution >= 4 is 5.52 Å². The fourth-order valence-corrected chi connectivity index (χ4v) is 1.78. The SMILES string of the molecule is C=C/C(=C\C=C(/C)Oc1ncnn2cc(O)c(C)c12)[N+](=O)[O-]. The molecule has 0 atom stereocenters. The molecule has 0 radical (unpaired) electrons. The van der Waals surface area contributed by atoms with Crippen LogP contribution in [0.25, 0.3) is 5.52 Å². The number of fused-ring (bicyclic) bond motifs is 1. The quantitative estimate of drug-likeness (QED) is 0.393. The fraction of sp³-hybridized carbons (Fsp3) is 0.143. The maximum Gasteiger partial charge on any atom is 0.268 e. The molecule has 8 nitrogen and oxygen atoms in total. The van der Waals surface area contributed by atoms with E-state index in [1.807, 2.05) is 0 Å². The smallest absolute Gasteiger partial charge is 0.268 e. The number of hydrogen-bond donors (Lipinski definition) is 1. The molecule has 0 saturated heterocycles. The van der Waals surface area contributed by atoms with Crippen molar-refractivity contribution in [3.05, 3.63) is 64.5 Å². The minimum atomic E-state index is -0.547. The van der Waals surface area contributed by atoms with Gasteiger partial charge in [-0.3, -0.25) is 10.1 Å². The normalized spacial score (nSPS) is 12.5. The maximum absolute atomic E-state index is 10.7. The van der Waals surface area contributed by atoms with Gasteiger partial charge in [0.1, 0.15) is 23.4 Å². The Morgan fingerprint density at radius 3 is 2.91 bits per heavy atom. The first-order valence-corrected chi connectivity index (χ1v) is 6.29. The molecule has 0 fully saturated rings. The van der Waals surface area contributed by atoms with E-state index in [0.29, 0.717) is 16.8 Å². The molecule has 0 bridgehead atoms. The van der Waals surface area contributed by atoms with E-state index in [9.17, 15) is 15.2 Å². The third-order valence-electron chi connectivity index (χ3n) is 2.93. The predicted octanol–water partition coefficient (Wildman–Crippen LogP) is 2.37. The van der Waals surface area contributed by atoms with E-state index < -0.39 is 4.92 Å². The van der Waals surface area contributed by atoms with Crippen LogP contribution in [0, 0.1) is 17.0 Å². The van der Waals surface area contributed by atoms with Gasteiger partial charge < -0.3 is 9.84 Å². The minimum Gasteiger partial charge on any atom is -0.506 e. The number of aromatic hydroxyl groups is 1. The Hall–Kier alpha value is -3.16. The van der Waals surface area contributed by atoms with Crippen molar-refractivity contribution in [2.45, 2.75) is 13.8 Å². The molecule has 2 aromatic heterocycles. The Kier molecular flexibility index (Phi) is 4.21. The summed E-state index contributed by atoms with van der Waals surface area (Å²) in [6.45, 7) is 6.71. The third-order valence-corrected chi connectivity index (χ3v) is 2.93. The highest BCUT2D eigenvalue weighted by Gasteiger charge is 2.13. The molecule has 22 heavy (non-hydrogen) atoms. The van der Waals surface area contributed by atoms with Gasteiger partial charge in [0.05, 0.1) is 11.1 Å². The van der Waals surface area contributed by atoms with Gasteiger partial charge in [-0.05, 0) is 19.9 Å². The molecule has 0 spiro atoms. The largest absolute Gasteiger partial charge is 0.506 e. The van der Waals surface area contributed by atoms with Gasteiger partial charge in [-0.25, -0.2) is 4.52 Å². The van der Waals surface area contributed by atoms with Crippen molar-refractivity contribution in [2.75, 3.05) is 0 Å². The number of ether oxygens (including phenoxy) is 1. The van der Waals surface area contributed by atoms with Crippen molar-refractivity contribution < 1.29 is 14.8 Å². The van der Waals surface area contributed by atoms with E-state index in [4.69, 9.17) is 4.74 Å². The Morgan fingerprint density at radius 1 is 1.55 bits per heavy atom. The molecule has 0 amide bonds. The summed E-state index contributed by atoms with van der Waals surface area (Å²) in [5, 5.41) is 24.4. The van der Waals surface area contributed by atoms with Crippen molar-refractivity contribution in [1.29, 1.82) is 0 Å². The lowest BCUT2D eigenvalue weighted by atomic mass is 10.3. The number of hydrogen-bond acceptors (Lipinski definition) is 6. The third kappa shape index (κ3) is 2.95. The molecule has 0 aliphatic heterocycles. The highest BCUT2D eigenvalue weighted by molar-refractivity contribution is 5.66. The van der Waals surface area contributed by atoms with Gasteiger partial charge in [0.15, 0.2) is 0 Å². The van der Waals surface area contributed by atoms with Crippen LogP contribution in [0.1, 0.15) is 12.5 Å². The molecular weight excluding hydrogens is 288 g/mol. The fourth-order valence-electron chi connectivity index (χ4n) is 1.78. The van der Waals surface area contributed by atoms with Crippen LogP contribution < -0.4 is 4.74 Å². The Bertz CT molecular complexity index is 805. The molecule has 8 heteroatoms. The van der Waals surface area contributed by atoms with E-state index in [0.717, 1.165) is 6.08 Å². The molecule has 0 aliphatic carbocycles. The monoisotopic (exact) mass is 302 g/mol. The molecule has 2 heterocycles. The minimum absolute atomic E-state index is 0.0779. The summed E-state index contributed by atoms with van der Waals surface area (Å²) in [7, 11) is 0. The first-order chi connectivity index (χ1) is 10.4. The van der Waals surface area contributed by atoms with Gasteiger partial charge in [0, 0.05) is 17.7 Å². The lowest BCUT2D eigenvalue weighted by molar-refractivity contribution is -0.418. The van der Waals surface area contributed by atoms with Gasteiger partial charge in [-0.1, -0.05) is 6.58 Å². The number of nitro groups is 1. The summed E-state index contributed by atoms with van der Waals surface area (Å²) < 4.78 is 7.02. The standard InChI is InChI=1S/C14H14N4O4/c1-4-11(18(20)21)6-5-9(2)22-14-13-10(3)12(19)7-17(13)16-8-15-14/h4-8,19H,1H2,2-3H3/b9-5+,11-6+.